The highest BCUT2D eigenvalue weighted by Gasteiger charge is 2.28. The van der Waals surface area contributed by atoms with E-state index in [4.69, 9.17) is 5.73 Å². The third-order valence-corrected chi connectivity index (χ3v) is 3.53. The van der Waals surface area contributed by atoms with Gasteiger partial charge in [0.05, 0.1) is 10.3 Å². The Hall–Kier alpha value is -1.80. The molecule has 0 saturated carbocycles. The summed E-state index contributed by atoms with van der Waals surface area (Å²) in [6, 6.07) is 1.81. The molecule has 1 atom stereocenters. The smallest absolute Gasteiger partial charge is 0.268 e. The number of fused-ring (bicyclic) bond motifs is 1. The van der Waals surface area contributed by atoms with Crippen molar-refractivity contribution in [3.05, 3.63) is 27.6 Å². The first kappa shape index (κ1) is 12.2. The number of aromatic nitrogens is 1. The molecule has 1 unspecified atom stereocenters. The maximum atomic E-state index is 11.9. The molecule has 0 saturated heterocycles. The van der Waals surface area contributed by atoms with Crippen LogP contribution < -0.4 is 16.4 Å². The van der Waals surface area contributed by atoms with Crippen molar-refractivity contribution in [2.75, 3.05) is 6.54 Å². The van der Waals surface area contributed by atoms with Gasteiger partial charge in [0.2, 0.25) is 0 Å². The van der Waals surface area contributed by atoms with Gasteiger partial charge in [-0.1, -0.05) is 0 Å². The Balaban J connectivity index is 2.15. The lowest BCUT2D eigenvalue weighted by Gasteiger charge is -2.11. The van der Waals surface area contributed by atoms with Crippen LogP contribution in [0.4, 0.5) is 0 Å². The Kier molecular flexibility index (Phi) is 2.83. The van der Waals surface area contributed by atoms with Crippen molar-refractivity contribution in [2.45, 2.75) is 12.6 Å². The number of hydrogen-bond acceptors (Lipinski definition) is 5. The van der Waals surface area contributed by atoms with Crippen LogP contribution in [0.25, 0.3) is 5.57 Å². The second-order valence-electron chi connectivity index (χ2n) is 4.32. The lowest BCUT2D eigenvalue weighted by molar-refractivity contribution is 0.0951. The first-order valence-corrected chi connectivity index (χ1v) is 6.54. The highest BCUT2D eigenvalue weighted by atomic mass is 79.9. The molecule has 0 aliphatic carbocycles. The maximum absolute atomic E-state index is 11.9. The number of amides is 1. The Labute approximate surface area is 117 Å². The minimum Gasteiger partial charge on any atom is -0.370 e. The number of H-pyrrole nitrogens is 1. The number of nitrogens with one attached hydrogen (secondary N) is 3. The molecule has 0 radical (unpaired) electrons. The summed E-state index contributed by atoms with van der Waals surface area (Å²) in [5.41, 5.74) is 8.12. The van der Waals surface area contributed by atoms with Gasteiger partial charge in [-0.2, -0.15) is 0 Å². The fourth-order valence-electron chi connectivity index (χ4n) is 2.31. The number of aliphatic hydroxyl groups is 1. The van der Waals surface area contributed by atoms with E-state index in [1.165, 1.54) is 0 Å². The van der Waals surface area contributed by atoms with E-state index in [2.05, 4.69) is 36.5 Å². The number of nitrogens with zero attached hydrogens (tertiary/aromatic N) is 1. The minimum absolute atomic E-state index is 0.169. The average Bonchev–Trinajstić information content (AvgIpc) is 2.84. The molecule has 3 rings (SSSR count). The summed E-state index contributed by atoms with van der Waals surface area (Å²) < 4.78 is 0.703. The number of guanidine groups is 1. The minimum atomic E-state index is -1.01. The van der Waals surface area contributed by atoms with Crippen molar-refractivity contribution in [1.82, 2.24) is 15.6 Å². The highest BCUT2D eigenvalue weighted by molar-refractivity contribution is 9.10. The molecule has 19 heavy (non-hydrogen) atoms. The van der Waals surface area contributed by atoms with Crippen molar-refractivity contribution < 1.29 is 9.90 Å². The zero-order valence-corrected chi connectivity index (χ0v) is 11.4. The fourth-order valence-corrected chi connectivity index (χ4v) is 2.73. The summed E-state index contributed by atoms with van der Waals surface area (Å²) in [6.45, 7) is 0.492. The molecule has 1 amide bonds. The van der Waals surface area contributed by atoms with Gasteiger partial charge in [-0.15, -0.1) is 0 Å². The molecule has 6 N–H and O–H groups in total. The first-order valence-electron chi connectivity index (χ1n) is 5.74. The number of aromatic amines is 1. The van der Waals surface area contributed by atoms with Crippen LogP contribution in [-0.2, 0) is 0 Å². The molecule has 0 aromatic carbocycles. The van der Waals surface area contributed by atoms with E-state index in [-0.39, 0.29) is 11.9 Å². The molecule has 0 bridgehead atoms. The largest absolute Gasteiger partial charge is 0.370 e. The zero-order chi connectivity index (χ0) is 13.6. The van der Waals surface area contributed by atoms with Crippen molar-refractivity contribution in [3.8, 4) is 0 Å². The molecule has 1 aromatic rings. The monoisotopic (exact) mass is 325 g/mol. The van der Waals surface area contributed by atoms with Crippen molar-refractivity contribution in [3.63, 3.8) is 0 Å². The first-order chi connectivity index (χ1) is 9.06. The third kappa shape index (κ3) is 2.02. The lowest BCUT2D eigenvalue weighted by Crippen LogP contribution is -2.27. The van der Waals surface area contributed by atoms with Crippen LogP contribution in [0.1, 0.15) is 22.5 Å². The number of nitrogens with two attached hydrogens (primary N) is 1. The summed E-state index contributed by atoms with van der Waals surface area (Å²) in [4.78, 5) is 18.7. The summed E-state index contributed by atoms with van der Waals surface area (Å²) in [7, 11) is 0. The van der Waals surface area contributed by atoms with Crippen LogP contribution in [0, 0.1) is 0 Å². The molecule has 7 nitrogen and oxygen atoms in total. The van der Waals surface area contributed by atoms with Crippen LogP contribution in [0.5, 0.6) is 0 Å². The molecule has 2 aliphatic heterocycles. The molecular formula is C11H12BrN5O2. The molecule has 0 fully saturated rings. The molecular weight excluding hydrogens is 314 g/mol. The van der Waals surface area contributed by atoms with Gasteiger partial charge in [-0.3, -0.25) is 4.79 Å². The Morgan fingerprint density at radius 1 is 1.53 bits per heavy atom. The Morgan fingerprint density at radius 3 is 3.00 bits per heavy atom. The normalized spacial score (nSPS) is 26.3. The van der Waals surface area contributed by atoms with E-state index in [1.807, 2.05) is 6.07 Å². The molecule has 3 heterocycles. The standard InChI is InChI=1S/C11H12BrN5O2/c12-6-3-5-4(7-10(19)17-11(13)16-7)1-2-14-9(18)8(5)15-6/h3,10,15,19H,1-2H2,(H,14,18)(H3,13,16,17). The second-order valence-corrected chi connectivity index (χ2v) is 5.17. The van der Waals surface area contributed by atoms with E-state index in [0.29, 0.717) is 29.0 Å². The summed E-state index contributed by atoms with van der Waals surface area (Å²) in [5, 5.41) is 15.5. The fraction of sp³-hybridized carbons (Fsp3) is 0.273. The quantitative estimate of drug-likeness (QED) is 0.456. The SMILES string of the molecule is NC1=NC(O)C(=C2CCNC(=O)c3[nH]c(Br)cc32)N1. The zero-order valence-electron chi connectivity index (χ0n) is 9.83. The van der Waals surface area contributed by atoms with E-state index in [9.17, 15) is 9.90 Å². The molecule has 1 aromatic heterocycles. The van der Waals surface area contributed by atoms with Gasteiger partial charge in [0, 0.05) is 12.1 Å². The second kappa shape index (κ2) is 4.39. The third-order valence-electron chi connectivity index (χ3n) is 3.10. The van der Waals surface area contributed by atoms with Crippen molar-refractivity contribution in [2.24, 2.45) is 10.7 Å². The summed E-state index contributed by atoms with van der Waals surface area (Å²) in [6.07, 6.45) is -0.421. The van der Waals surface area contributed by atoms with Crippen LogP contribution in [0.2, 0.25) is 0 Å². The van der Waals surface area contributed by atoms with Gasteiger partial charge >= 0.3 is 0 Å². The lowest BCUT2D eigenvalue weighted by atomic mass is 10.0. The molecule has 2 aliphatic rings. The molecule has 0 spiro atoms. The maximum Gasteiger partial charge on any atom is 0.268 e. The highest BCUT2D eigenvalue weighted by Crippen LogP contribution is 2.31. The number of carbonyl (C=O) groups excluding carboxylic acids is 1. The van der Waals surface area contributed by atoms with Crippen LogP contribution in [0.3, 0.4) is 0 Å². The number of aliphatic imine (C=N–C) groups is 1. The van der Waals surface area contributed by atoms with Crippen molar-refractivity contribution >= 4 is 33.4 Å². The van der Waals surface area contributed by atoms with Gasteiger partial charge in [-0.25, -0.2) is 4.99 Å². The summed E-state index contributed by atoms with van der Waals surface area (Å²) in [5.74, 6) is 0.00682. The Morgan fingerprint density at radius 2 is 2.32 bits per heavy atom. The van der Waals surface area contributed by atoms with Crippen LogP contribution in [0.15, 0.2) is 21.4 Å². The number of carbonyl (C=O) groups is 1. The Bertz CT molecular complexity index is 619. The molecule has 100 valence electrons. The topological polar surface area (TPSA) is 116 Å². The number of aliphatic hydroxyl groups excluding tert-OH is 1. The summed E-state index contributed by atoms with van der Waals surface area (Å²) >= 11 is 3.31. The number of halogens is 1. The van der Waals surface area contributed by atoms with Gasteiger partial charge in [0.1, 0.15) is 5.69 Å². The molecule has 8 heteroatoms. The van der Waals surface area contributed by atoms with Crippen LogP contribution >= 0.6 is 15.9 Å². The van der Waals surface area contributed by atoms with E-state index >= 15 is 0 Å². The van der Waals surface area contributed by atoms with Gasteiger partial charge in [-0.05, 0) is 34.0 Å². The van der Waals surface area contributed by atoms with E-state index in [1.54, 1.807) is 0 Å². The van der Waals surface area contributed by atoms with Crippen molar-refractivity contribution in [1.29, 1.82) is 0 Å². The van der Waals surface area contributed by atoms with Crippen LogP contribution in [-0.4, -0.2) is 34.7 Å². The average molecular weight is 326 g/mol. The van der Waals surface area contributed by atoms with Gasteiger partial charge in [0.25, 0.3) is 5.91 Å². The predicted molar refractivity (Wildman–Crippen MR) is 73.1 cm³/mol. The predicted octanol–water partition coefficient (Wildman–Crippen LogP) is -0.142. The number of hydrogen-bond donors (Lipinski definition) is 5. The van der Waals surface area contributed by atoms with Gasteiger partial charge < -0.3 is 26.5 Å². The number of rotatable bonds is 0. The van der Waals surface area contributed by atoms with E-state index < -0.39 is 6.23 Å². The van der Waals surface area contributed by atoms with Gasteiger partial charge in [0.15, 0.2) is 12.2 Å². The van der Waals surface area contributed by atoms with E-state index in [0.717, 1.165) is 11.1 Å².